The van der Waals surface area contributed by atoms with E-state index in [1.54, 1.807) is 0 Å². The van der Waals surface area contributed by atoms with Crippen molar-refractivity contribution in [1.82, 2.24) is 0 Å². The first kappa shape index (κ1) is 16.0. The standard InChI is InChI=1S/C17H28/c1-8-11-13-17(6,7)15(9-2)12-14-16(4,5)10-3/h8-10,12,14H,1,3,11,13H2,2,4-7H3/b14-12+,15-9+. The van der Waals surface area contributed by atoms with E-state index in [9.17, 15) is 0 Å². The minimum Gasteiger partial charge on any atom is -0.103 e. The third-order valence-electron chi connectivity index (χ3n) is 3.28. The van der Waals surface area contributed by atoms with Crippen molar-refractivity contribution in [2.24, 2.45) is 10.8 Å². The maximum Gasteiger partial charge on any atom is 0.000495 e. The lowest BCUT2D eigenvalue weighted by molar-refractivity contribution is 0.420. The summed E-state index contributed by atoms with van der Waals surface area (Å²) in [5.74, 6) is 0. The molecule has 0 unspecified atom stereocenters. The quantitative estimate of drug-likeness (QED) is 0.390. The summed E-state index contributed by atoms with van der Waals surface area (Å²) in [6.45, 7) is 18.7. The molecule has 0 aliphatic heterocycles. The molecule has 96 valence electrons. The summed E-state index contributed by atoms with van der Waals surface area (Å²) in [7, 11) is 0. The van der Waals surface area contributed by atoms with Crippen LogP contribution in [-0.4, -0.2) is 0 Å². The number of hydrogen-bond donors (Lipinski definition) is 0. The van der Waals surface area contributed by atoms with Crippen molar-refractivity contribution in [3.8, 4) is 0 Å². The maximum absolute atomic E-state index is 3.86. The van der Waals surface area contributed by atoms with Gasteiger partial charge in [-0.2, -0.15) is 0 Å². The van der Waals surface area contributed by atoms with Crippen LogP contribution in [-0.2, 0) is 0 Å². The molecule has 0 radical (unpaired) electrons. The molecule has 0 saturated carbocycles. The van der Waals surface area contributed by atoms with Crippen molar-refractivity contribution in [1.29, 1.82) is 0 Å². The predicted octanol–water partition coefficient (Wildman–Crippen LogP) is 5.69. The Morgan fingerprint density at radius 1 is 1.12 bits per heavy atom. The second-order valence-electron chi connectivity index (χ2n) is 5.81. The number of allylic oxidation sites excluding steroid dienone is 6. The molecule has 0 amide bonds. The fourth-order valence-electron chi connectivity index (χ4n) is 1.69. The monoisotopic (exact) mass is 232 g/mol. The van der Waals surface area contributed by atoms with Crippen molar-refractivity contribution in [2.75, 3.05) is 0 Å². The summed E-state index contributed by atoms with van der Waals surface area (Å²) >= 11 is 0. The van der Waals surface area contributed by atoms with Gasteiger partial charge in [-0.15, -0.1) is 13.2 Å². The number of hydrogen-bond acceptors (Lipinski definition) is 0. The van der Waals surface area contributed by atoms with Gasteiger partial charge in [-0.3, -0.25) is 0 Å². The van der Waals surface area contributed by atoms with Crippen molar-refractivity contribution >= 4 is 0 Å². The van der Waals surface area contributed by atoms with Gasteiger partial charge in [0.1, 0.15) is 0 Å². The number of rotatable bonds is 7. The van der Waals surface area contributed by atoms with Crippen LogP contribution in [0, 0.1) is 10.8 Å². The van der Waals surface area contributed by atoms with E-state index in [1.165, 1.54) is 5.57 Å². The lowest BCUT2D eigenvalue weighted by Gasteiger charge is -2.26. The Morgan fingerprint density at radius 3 is 2.12 bits per heavy atom. The molecule has 0 aromatic rings. The lowest BCUT2D eigenvalue weighted by Crippen LogP contribution is -2.14. The Hall–Kier alpha value is -1.04. The minimum absolute atomic E-state index is 0.0583. The van der Waals surface area contributed by atoms with E-state index in [-0.39, 0.29) is 10.8 Å². The zero-order valence-corrected chi connectivity index (χ0v) is 12.2. The Morgan fingerprint density at radius 2 is 1.71 bits per heavy atom. The second kappa shape index (κ2) is 6.64. The SMILES string of the molecule is C=CCCC(C)(C)C(/C=C/C(C)(C)C=C)=C/C. The Kier molecular flexibility index (Phi) is 6.23. The molecule has 0 aromatic heterocycles. The minimum atomic E-state index is 0.0583. The third kappa shape index (κ3) is 5.72. The highest BCUT2D eigenvalue weighted by molar-refractivity contribution is 5.27. The van der Waals surface area contributed by atoms with Crippen molar-refractivity contribution < 1.29 is 0 Å². The summed E-state index contributed by atoms with van der Waals surface area (Å²) in [6, 6.07) is 0. The van der Waals surface area contributed by atoms with Crippen molar-refractivity contribution in [3.63, 3.8) is 0 Å². The highest BCUT2D eigenvalue weighted by Gasteiger charge is 2.20. The molecule has 0 fully saturated rings. The Labute approximate surface area is 108 Å². The van der Waals surface area contributed by atoms with Gasteiger partial charge < -0.3 is 0 Å². The van der Waals surface area contributed by atoms with Gasteiger partial charge in [-0.1, -0.05) is 58.1 Å². The summed E-state index contributed by atoms with van der Waals surface area (Å²) < 4.78 is 0. The van der Waals surface area contributed by atoms with Gasteiger partial charge in [-0.25, -0.2) is 0 Å². The Bertz CT molecular complexity index is 311. The van der Waals surface area contributed by atoms with Crippen LogP contribution in [0.25, 0.3) is 0 Å². The van der Waals surface area contributed by atoms with E-state index in [0.717, 1.165) is 12.8 Å². The average molecular weight is 232 g/mol. The van der Waals surface area contributed by atoms with Crippen molar-refractivity contribution in [3.05, 3.63) is 49.1 Å². The lowest BCUT2D eigenvalue weighted by atomic mass is 9.78. The van der Waals surface area contributed by atoms with E-state index in [0.29, 0.717) is 0 Å². The molecule has 0 nitrogen and oxygen atoms in total. The van der Waals surface area contributed by atoms with Crippen LogP contribution in [0.3, 0.4) is 0 Å². The smallest absolute Gasteiger partial charge is 0.000495 e. The normalized spacial score (nSPS) is 14.1. The molecule has 0 aromatic carbocycles. The first-order valence-corrected chi connectivity index (χ1v) is 6.39. The average Bonchev–Trinajstić information content (AvgIpc) is 2.27. The van der Waals surface area contributed by atoms with Crippen LogP contribution in [0.5, 0.6) is 0 Å². The Balaban J connectivity index is 4.86. The van der Waals surface area contributed by atoms with Crippen LogP contribution in [0.2, 0.25) is 0 Å². The van der Waals surface area contributed by atoms with Crippen LogP contribution >= 0.6 is 0 Å². The van der Waals surface area contributed by atoms with Gasteiger partial charge in [0, 0.05) is 5.41 Å². The van der Waals surface area contributed by atoms with Gasteiger partial charge in [0.2, 0.25) is 0 Å². The van der Waals surface area contributed by atoms with Gasteiger partial charge in [-0.05, 0) is 30.8 Å². The summed E-state index contributed by atoms with van der Waals surface area (Å²) in [4.78, 5) is 0. The molecule has 0 saturated heterocycles. The first-order valence-electron chi connectivity index (χ1n) is 6.39. The van der Waals surface area contributed by atoms with Crippen LogP contribution < -0.4 is 0 Å². The molecule has 17 heavy (non-hydrogen) atoms. The van der Waals surface area contributed by atoms with E-state index in [4.69, 9.17) is 0 Å². The van der Waals surface area contributed by atoms with Gasteiger partial charge >= 0.3 is 0 Å². The molecule has 0 heterocycles. The molecule has 0 spiro atoms. The van der Waals surface area contributed by atoms with Crippen LogP contribution in [0.4, 0.5) is 0 Å². The molecular weight excluding hydrogens is 204 g/mol. The topological polar surface area (TPSA) is 0 Å². The second-order valence-corrected chi connectivity index (χ2v) is 5.81. The van der Waals surface area contributed by atoms with Crippen molar-refractivity contribution in [2.45, 2.75) is 47.5 Å². The first-order chi connectivity index (χ1) is 7.79. The highest BCUT2D eigenvalue weighted by atomic mass is 14.2. The van der Waals surface area contributed by atoms with E-state index >= 15 is 0 Å². The molecule has 0 aliphatic carbocycles. The van der Waals surface area contributed by atoms with Gasteiger partial charge in [0.05, 0.1) is 0 Å². The largest absolute Gasteiger partial charge is 0.103 e. The molecular formula is C17H28. The molecule has 0 aliphatic rings. The van der Waals surface area contributed by atoms with Gasteiger partial charge in [0.15, 0.2) is 0 Å². The summed E-state index contributed by atoms with van der Waals surface area (Å²) in [5.41, 5.74) is 1.65. The molecule has 0 atom stereocenters. The zero-order valence-electron chi connectivity index (χ0n) is 12.2. The molecule has 0 bridgehead atoms. The fraction of sp³-hybridized carbons (Fsp3) is 0.529. The molecule has 0 rings (SSSR count). The summed E-state index contributed by atoms with van der Waals surface area (Å²) in [6.07, 6.45) is 12.8. The van der Waals surface area contributed by atoms with E-state index < -0.39 is 0 Å². The third-order valence-corrected chi connectivity index (χ3v) is 3.28. The van der Waals surface area contributed by atoms with Crippen LogP contribution in [0.1, 0.15) is 47.5 Å². The summed E-state index contributed by atoms with van der Waals surface area (Å²) in [5, 5.41) is 0. The van der Waals surface area contributed by atoms with Gasteiger partial charge in [0.25, 0.3) is 0 Å². The molecule has 0 heteroatoms. The highest BCUT2D eigenvalue weighted by Crippen LogP contribution is 2.33. The maximum atomic E-state index is 3.86. The fourth-order valence-corrected chi connectivity index (χ4v) is 1.69. The van der Waals surface area contributed by atoms with E-state index in [1.807, 2.05) is 12.2 Å². The van der Waals surface area contributed by atoms with Crippen LogP contribution in [0.15, 0.2) is 49.1 Å². The molecule has 0 N–H and O–H groups in total. The zero-order chi connectivity index (χ0) is 13.5. The van der Waals surface area contributed by atoms with E-state index in [2.05, 4.69) is 66.0 Å². The predicted molar refractivity (Wildman–Crippen MR) is 80.1 cm³/mol.